The minimum Gasteiger partial charge on any atom is -0.507 e. The van der Waals surface area contributed by atoms with Crippen molar-refractivity contribution in [2.75, 3.05) is 11.9 Å². The summed E-state index contributed by atoms with van der Waals surface area (Å²) in [6.45, 7) is 4.69. The number of phenols is 2. The Bertz CT molecular complexity index is 875. The number of hydrogen-bond donors (Lipinski definition) is 4. The number of para-hydroxylation sites is 1. The van der Waals surface area contributed by atoms with Crippen molar-refractivity contribution in [3.8, 4) is 22.9 Å². The first kappa shape index (κ1) is 17.0. The molecule has 0 unspecified atom stereocenters. The third kappa shape index (κ3) is 3.49. The van der Waals surface area contributed by atoms with Gasteiger partial charge in [-0.25, -0.2) is 9.97 Å². The second-order valence-corrected chi connectivity index (χ2v) is 6.37. The largest absolute Gasteiger partial charge is 0.507 e. The molecule has 1 atom stereocenters. The summed E-state index contributed by atoms with van der Waals surface area (Å²) in [6, 6.07) is 12.1. The van der Waals surface area contributed by atoms with Crippen LogP contribution in [-0.2, 0) is 0 Å². The molecule has 0 radical (unpaired) electrons. The van der Waals surface area contributed by atoms with E-state index in [9.17, 15) is 10.2 Å². The molecule has 25 heavy (non-hydrogen) atoms. The Morgan fingerprint density at radius 2 is 1.68 bits per heavy atom. The maximum Gasteiger partial charge on any atom is 0.169 e. The minimum absolute atomic E-state index is 0.0179. The van der Waals surface area contributed by atoms with Crippen LogP contribution in [0, 0.1) is 5.92 Å². The van der Waals surface area contributed by atoms with Crippen molar-refractivity contribution >= 4 is 16.7 Å². The van der Waals surface area contributed by atoms with Crippen LogP contribution in [0.15, 0.2) is 42.5 Å². The Labute approximate surface area is 146 Å². The predicted molar refractivity (Wildman–Crippen MR) is 99.6 cm³/mol. The van der Waals surface area contributed by atoms with Gasteiger partial charge in [-0.15, -0.1) is 0 Å². The lowest BCUT2D eigenvalue weighted by Gasteiger charge is -2.18. The molecule has 3 rings (SSSR count). The first-order chi connectivity index (χ1) is 12.0. The van der Waals surface area contributed by atoms with Gasteiger partial charge in [0, 0.05) is 18.0 Å². The third-order valence-corrected chi connectivity index (χ3v) is 4.21. The number of aromatic nitrogens is 2. The van der Waals surface area contributed by atoms with Crippen LogP contribution in [0.5, 0.6) is 11.5 Å². The van der Waals surface area contributed by atoms with Gasteiger partial charge < -0.3 is 21.3 Å². The highest BCUT2D eigenvalue weighted by Gasteiger charge is 2.16. The van der Waals surface area contributed by atoms with E-state index in [0.29, 0.717) is 18.3 Å². The van der Waals surface area contributed by atoms with Crippen molar-refractivity contribution in [3.05, 3.63) is 42.5 Å². The van der Waals surface area contributed by atoms with Crippen molar-refractivity contribution in [3.63, 3.8) is 0 Å². The van der Waals surface area contributed by atoms with Crippen molar-refractivity contribution in [2.45, 2.75) is 19.9 Å². The fraction of sp³-hybridized carbons (Fsp3) is 0.263. The average Bonchev–Trinajstić information content (AvgIpc) is 2.59. The van der Waals surface area contributed by atoms with Crippen LogP contribution in [0.2, 0.25) is 0 Å². The highest BCUT2D eigenvalue weighted by molar-refractivity contribution is 5.91. The molecule has 6 nitrogen and oxygen atoms in total. The number of nitrogens with one attached hydrogen (secondary N) is 1. The SMILES string of the molecule is CC(C)[C@@H](N)CNc1nc(-c2c(O)cccc2O)nc2ccccc12. The molecule has 2 aromatic carbocycles. The summed E-state index contributed by atoms with van der Waals surface area (Å²) in [5, 5.41) is 24.4. The van der Waals surface area contributed by atoms with Crippen LogP contribution in [-0.4, -0.2) is 32.8 Å². The molecule has 3 aromatic rings. The summed E-state index contributed by atoms with van der Waals surface area (Å²) >= 11 is 0. The highest BCUT2D eigenvalue weighted by Crippen LogP contribution is 2.36. The zero-order chi connectivity index (χ0) is 18.0. The molecule has 0 aliphatic carbocycles. The van der Waals surface area contributed by atoms with Gasteiger partial charge in [-0.2, -0.15) is 0 Å². The van der Waals surface area contributed by atoms with Gasteiger partial charge in [0.25, 0.3) is 0 Å². The Balaban J connectivity index is 2.09. The van der Waals surface area contributed by atoms with E-state index >= 15 is 0 Å². The van der Waals surface area contributed by atoms with Crippen LogP contribution in [0.4, 0.5) is 5.82 Å². The smallest absolute Gasteiger partial charge is 0.169 e. The predicted octanol–water partition coefficient (Wildman–Crippen LogP) is 3.10. The maximum absolute atomic E-state index is 10.1. The average molecular weight is 338 g/mol. The van der Waals surface area contributed by atoms with E-state index in [0.717, 1.165) is 10.9 Å². The first-order valence-corrected chi connectivity index (χ1v) is 8.25. The Kier molecular flexibility index (Phi) is 4.72. The van der Waals surface area contributed by atoms with E-state index in [-0.39, 0.29) is 28.9 Å². The van der Waals surface area contributed by atoms with Crippen LogP contribution in [0.25, 0.3) is 22.3 Å². The van der Waals surface area contributed by atoms with Gasteiger partial charge in [0.15, 0.2) is 5.82 Å². The number of nitrogens with zero attached hydrogens (tertiary/aromatic N) is 2. The van der Waals surface area contributed by atoms with E-state index in [2.05, 4.69) is 29.1 Å². The Hall–Kier alpha value is -2.86. The number of anilines is 1. The fourth-order valence-corrected chi connectivity index (χ4v) is 2.53. The summed E-state index contributed by atoms with van der Waals surface area (Å²) < 4.78 is 0. The van der Waals surface area contributed by atoms with Gasteiger partial charge >= 0.3 is 0 Å². The second kappa shape index (κ2) is 6.94. The van der Waals surface area contributed by atoms with Gasteiger partial charge in [-0.1, -0.05) is 32.0 Å². The molecule has 5 N–H and O–H groups in total. The molecule has 0 aliphatic heterocycles. The van der Waals surface area contributed by atoms with E-state index in [1.54, 1.807) is 6.07 Å². The van der Waals surface area contributed by atoms with E-state index in [1.807, 2.05) is 24.3 Å². The van der Waals surface area contributed by atoms with Crippen LogP contribution < -0.4 is 11.1 Å². The quantitative estimate of drug-likeness (QED) is 0.570. The number of fused-ring (bicyclic) bond motifs is 1. The molecule has 0 saturated carbocycles. The lowest BCUT2D eigenvalue weighted by Crippen LogP contribution is -2.34. The molecule has 0 aliphatic rings. The van der Waals surface area contributed by atoms with Crippen molar-refractivity contribution in [1.82, 2.24) is 9.97 Å². The first-order valence-electron chi connectivity index (χ1n) is 8.25. The lowest BCUT2D eigenvalue weighted by molar-refractivity contribution is 0.453. The number of hydrogen-bond acceptors (Lipinski definition) is 6. The number of benzene rings is 2. The molecular weight excluding hydrogens is 316 g/mol. The van der Waals surface area contributed by atoms with Gasteiger partial charge in [0.05, 0.1) is 5.52 Å². The Morgan fingerprint density at radius 3 is 2.36 bits per heavy atom. The summed E-state index contributed by atoms with van der Waals surface area (Å²) in [5.74, 6) is 1.08. The maximum atomic E-state index is 10.1. The Morgan fingerprint density at radius 1 is 1.00 bits per heavy atom. The standard InChI is InChI=1S/C19H22N4O2/c1-11(2)13(20)10-21-18-12-6-3-4-7-14(12)22-19(23-18)17-15(24)8-5-9-16(17)25/h3-9,11,13,24-25H,10,20H2,1-2H3,(H,21,22,23)/t13-/m0/s1. The van der Waals surface area contributed by atoms with Crippen LogP contribution >= 0.6 is 0 Å². The summed E-state index contributed by atoms with van der Waals surface area (Å²) in [7, 11) is 0. The summed E-state index contributed by atoms with van der Waals surface area (Å²) in [4.78, 5) is 9.01. The molecule has 1 aromatic heterocycles. The zero-order valence-electron chi connectivity index (χ0n) is 14.3. The topological polar surface area (TPSA) is 104 Å². The molecule has 1 heterocycles. The molecule has 0 spiro atoms. The molecular formula is C19H22N4O2. The summed E-state index contributed by atoms with van der Waals surface area (Å²) in [5.41, 5.74) is 7.05. The fourth-order valence-electron chi connectivity index (χ4n) is 2.53. The number of rotatable bonds is 5. The highest BCUT2D eigenvalue weighted by atomic mass is 16.3. The van der Waals surface area contributed by atoms with Gasteiger partial charge in [-0.3, -0.25) is 0 Å². The van der Waals surface area contributed by atoms with Crippen LogP contribution in [0.3, 0.4) is 0 Å². The van der Waals surface area contributed by atoms with E-state index in [4.69, 9.17) is 5.73 Å². The zero-order valence-corrected chi connectivity index (χ0v) is 14.3. The summed E-state index contributed by atoms with van der Waals surface area (Å²) in [6.07, 6.45) is 0. The van der Waals surface area contributed by atoms with Crippen molar-refractivity contribution < 1.29 is 10.2 Å². The molecule has 130 valence electrons. The van der Waals surface area contributed by atoms with Gasteiger partial charge in [0.2, 0.25) is 0 Å². The second-order valence-electron chi connectivity index (χ2n) is 6.37. The monoisotopic (exact) mass is 338 g/mol. The van der Waals surface area contributed by atoms with Crippen molar-refractivity contribution in [2.24, 2.45) is 11.7 Å². The van der Waals surface area contributed by atoms with E-state index < -0.39 is 0 Å². The molecule has 6 heteroatoms. The third-order valence-electron chi connectivity index (χ3n) is 4.21. The van der Waals surface area contributed by atoms with Crippen LogP contribution in [0.1, 0.15) is 13.8 Å². The normalized spacial score (nSPS) is 12.5. The van der Waals surface area contributed by atoms with E-state index in [1.165, 1.54) is 12.1 Å². The molecule has 0 bridgehead atoms. The molecule has 0 saturated heterocycles. The number of aromatic hydroxyl groups is 2. The van der Waals surface area contributed by atoms with Gasteiger partial charge in [0.1, 0.15) is 22.9 Å². The number of phenolic OH excluding ortho intramolecular Hbond substituents is 2. The molecule has 0 amide bonds. The van der Waals surface area contributed by atoms with Gasteiger partial charge in [-0.05, 0) is 30.2 Å². The number of nitrogens with two attached hydrogens (primary N) is 1. The molecule has 0 fully saturated rings. The van der Waals surface area contributed by atoms with Crippen molar-refractivity contribution in [1.29, 1.82) is 0 Å². The minimum atomic E-state index is -0.0693. The lowest BCUT2D eigenvalue weighted by atomic mass is 10.1.